The van der Waals surface area contributed by atoms with E-state index in [0.29, 0.717) is 11.3 Å². The van der Waals surface area contributed by atoms with Crippen LogP contribution in [0.25, 0.3) is 5.69 Å². The number of amides is 1. The summed E-state index contributed by atoms with van der Waals surface area (Å²) in [6.45, 7) is -0.403. The van der Waals surface area contributed by atoms with E-state index in [1.54, 1.807) is 24.3 Å². The van der Waals surface area contributed by atoms with Crippen LogP contribution in [0.1, 0.15) is 17.7 Å². The first-order chi connectivity index (χ1) is 12.1. The molecule has 0 spiro atoms. The number of carbonyl (C=O) groups is 1. The molecule has 140 valence electrons. The van der Waals surface area contributed by atoms with E-state index in [1.165, 1.54) is 6.20 Å². The molecule has 1 aromatic heterocycles. The van der Waals surface area contributed by atoms with Crippen LogP contribution in [0.5, 0.6) is 0 Å². The number of hydrogen-bond acceptors (Lipinski definition) is 3. The number of halogens is 5. The van der Waals surface area contributed by atoms with E-state index in [0.717, 1.165) is 10.7 Å². The molecule has 26 heavy (non-hydrogen) atoms. The number of benzene rings is 1. The molecular weight excluding hydrogens is 359 g/mol. The van der Waals surface area contributed by atoms with Crippen molar-refractivity contribution < 1.29 is 26.7 Å². The molecule has 1 atom stereocenters. The average Bonchev–Trinajstić information content (AvgIpc) is 3.19. The molecule has 1 aromatic carbocycles. The number of rotatable bonds is 4. The smallest absolute Gasteiger partial charge is 0.351 e. The molecular formula is C16H15F5N4O. The van der Waals surface area contributed by atoms with Crippen molar-refractivity contribution in [1.29, 1.82) is 0 Å². The van der Waals surface area contributed by atoms with Gasteiger partial charge in [-0.15, -0.1) is 0 Å². The molecule has 1 fully saturated rings. The molecule has 0 saturated carbocycles. The van der Waals surface area contributed by atoms with Crippen LogP contribution in [0, 0.1) is 0 Å². The quantitative estimate of drug-likeness (QED) is 0.809. The highest BCUT2D eigenvalue weighted by molar-refractivity contribution is 5.82. The van der Waals surface area contributed by atoms with Crippen LogP contribution in [0.2, 0.25) is 0 Å². The Kier molecular flexibility index (Phi) is 4.70. The summed E-state index contributed by atoms with van der Waals surface area (Å²) in [5.74, 6) is -3.41. The SMILES string of the molecule is O=C(NCc1ccc(-n2ccc(C(F)(F)F)n2)cc1)C1CC(F)(F)CN1. The van der Waals surface area contributed by atoms with Gasteiger partial charge in [-0.3, -0.25) is 10.1 Å². The van der Waals surface area contributed by atoms with Gasteiger partial charge in [0.05, 0.1) is 18.3 Å². The van der Waals surface area contributed by atoms with Crippen molar-refractivity contribution in [3.05, 3.63) is 47.8 Å². The maximum Gasteiger partial charge on any atom is 0.435 e. The summed E-state index contributed by atoms with van der Waals surface area (Å²) in [6.07, 6.45) is -3.86. The van der Waals surface area contributed by atoms with E-state index in [2.05, 4.69) is 15.7 Å². The highest BCUT2D eigenvalue weighted by Crippen LogP contribution is 2.28. The predicted octanol–water partition coefficient (Wildman–Crippen LogP) is 2.50. The Morgan fingerprint density at radius 2 is 1.96 bits per heavy atom. The van der Waals surface area contributed by atoms with Gasteiger partial charge in [-0.25, -0.2) is 13.5 Å². The molecule has 1 amide bonds. The Morgan fingerprint density at radius 3 is 2.50 bits per heavy atom. The number of aromatic nitrogens is 2. The van der Waals surface area contributed by atoms with Crippen LogP contribution in [0.4, 0.5) is 22.0 Å². The third-order valence-electron chi connectivity index (χ3n) is 3.97. The van der Waals surface area contributed by atoms with E-state index in [4.69, 9.17) is 0 Å². The highest BCUT2D eigenvalue weighted by Gasteiger charge is 2.42. The first-order valence-corrected chi connectivity index (χ1v) is 7.75. The summed E-state index contributed by atoms with van der Waals surface area (Å²) in [5, 5.41) is 8.48. The fraction of sp³-hybridized carbons (Fsp3) is 0.375. The van der Waals surface area contributed by atoms with Gasteiger partial charge in [0.1, 0.15) is 0 Å². The Bertz CT molecular complexity index is 785. The fourth-order valence-corrected chi connectivity index (χ4v) is 2.60. The van der Waals surface area contributed by atoms with Crippen molar-refractivity contribution in [3.8, 4) is 5.69 Å². The maximum absolute atomic E-state index is 13.1. The summed E-state index contributed by atoms with van der Waals surface area (Å²) in [7, 11) is 0. The van der Waals surface area contributed by atoms with E-state index in [1.807, 2.05) is 0 Å². The number of nitrogens with one attached hydrogen (secondary N) is 2. The Balaban J connectivity index is 1.58. The second-order valence-electron chi connectivity index (χ2n) is 6.02. The second-order valence-corrected chi connectivity index (χ2v) is 6.02. The summed E-state index contributed by atoms with van der Waals surface area (Å²) in [5.41, 5.74) is 0.109. The lowest BCUT2D eigenvalue weighted by molar-refractivity contribution is -0.141. The lowest BCUT2D eigenvalue weighted by Gasteiger charge is -2.11. The monoisotopic (exact) mass is 374 g/mol. The molecule has 5 nitrogen and oxygen atoms in total. The van der Waals surface area contributed by atoms with E-state index in [9.17, 15) is 26.7 Å². The number of hydrogen-bond donors (Lipinski definition) is 2. The molecule has 1 aliphatic heterocycles. The zero-order valence-electron chi connectivity index (χ0n) is 13.4. The number of alkyl halides is 5. The van der Waals surface area contributed by atoms with Gasteiger partial charge in [0.25, 0.3) is 5.92 Å². The van der Waals surface area contributed by atoms with Crippen molar-refractivity contribution in [1.82, 2.24) is 20.4 Å². The molecule has 2 aromatic rings. The van der Waals surface area contributed by atoms with E-state index in [-0.39, 0.29) is 6.54 Å². The largest absolute Gasteiger partial charge is 0.435 e. The number of nitrogens with zero attached hydrogens (tertiary/aromatic N) is 2. The van der Waals surface area contributed by atoms with Crippen molar-refractivity contribution in [2.45, 2.75) is 31.1 Å². The first-order valence-electron chi connectivity index (χ1n) is 7.75. The van der Waals surface area contributed by atoms with E-state index >= 15 is 0 Å². The normalized spacial score (nSPS) is 19.5. The van der Waals surface area contributed by atoms with Gasteiger partial charge in [0.15, 0.2) is 5.69 Å². The van der Waals surface area contributed by atoms with Gasteiger partial charge in [-0.1, -0.05) is 12.1 Å². The molecule has 10 heteroatoms. The zero-order chi connectivity index (χ0) is 18.9. The zero-order valence-corrected chi connectivity index (χ0v) is 13.4. The van der Waals surface area contributed by atoms with Crippen molar-refractivity contribution in [2.75, 3.05) is 6.54 Å². The molecule has 0 radical (unpaired) electrons. The average molecular weight is 374 g/mol. The van der Waals surface area contributed by atoms with Crippen LogP contribution in [-0.2, 0) is 17.5 Å². The van der Waals surface area contributed by atoms with Crippen LogP contribution < -0.4 is 10.6 Å². The van der Waals surface area contributed by atoms with Crippen molar-refractivity contribution in [2.24, 2.45) is 0 Å². The molecule has 1 saturated heterocycles. The van der Waals surface area contributed by atoms with Gasteiger partial charge in [0.2, 0.25) is 5.91 Å². The lowest BCUT2D eigenvalue weighted by atomic mass is 10.1. The second kappa shape index (κ2) is 6.67. The molecule has 2 heterocycles. The Labute approximate surface area is 145 Å². The van der Waals surface area contributed by atoms with Crippen molar-refractivity contribution >= 4 is 5.91 Å². The van der Waals surface area contributed by atoms with Gasteiger partial charge in [-0.05, 0) is 23.8 Å². The minimum absolute atomic E-state index is 0.121. The minimum atomic E-state index is -4.51. The lowest BCUT2D eigenvalue weighted by Crippen LogP contribution is -2.40. The van der Waals surface area contributed by atoms with Crippen LogP contribution in [-0.4, -0.2) is 34.2 Å². The molecule has 2 N–H and O–H groups in total. The third-order valence-corrected chi connectivity index (χ3v) is 3.97. The third kappa shape index (κ3) is 4.18. The topological polar surface area (TPSA) is 59.0 Å². The number of carbonyl (C=O) groups excluding carboxylic acids is 1. The summed E-state index contributed by atoms with van der Waals surface area (Å²) < 4.78 is 64.9. The first kappa shape index (κ1) is 18.3. The predicted molar refractivity (Wildman–Crippen MR) is 81.8 cm³/mol. The van der Waals surface area contributed by atoms with Crippen LogP contribution in [0.3, 0.4) is 0 Å². The summed E-state index contributed by atoms with van der Waals surface area (Å²) in [6, 6.07) is 6.27. The van der Waals surface area contributed by atoms with Gasteiger partial charge < -0.3 is 5.32 Å². The Hall–Kier alpha value is -2.49. The van der Waals surface area contributed by atoms with Crippen molar-refractivity contribution in [3.63, 3.8) is 0 Å². The van der Waals surface area contributed by atoms with Gasteiger partial charge >= 0.3 is 6.18 Å². The molecule has 3 rings (SSSR count). The van der Waals surface area contributed by atoms with E-state index < -0.39 is 42.7 Å². The molecule has 0 aliphatic carbocycles. The Morgan fingerprint density at radius 1 is 1.27 bits per heavy atom. The van der Waals surface area contributed by atoms with Gasteiger partial charge in [-0.2, -0.15) is 18.3 Å². The molecule has 0 bridgehead atoms. The molecule has 1 unspecified atom stereocenters. The van der Waals surface area contributed by atoms with Crippen LogP contribution in [0.15, 0.2) is 36.5 Å². The highest BCUT2D eigenvalue weighted by atomic mass is 19.4. The van der Waals surface area contributed by atoms with Crippen LogP contribution >= 0.6 is 0 Å². The standard InChI is InChI=1S/C16H15F5N4O/c17-15(18)7-12(23-9-15)14(26)22-8-10-1-3-11(4-2-10)25-6-5-13(24-25)16(19,20)21/h1-6,12,23H,7-9H2,(H,22,26). The molecule has 1 aliphatic rings. The minimum Gasteiger partial charge on any atom is -0.351 e. The maximum atomic E-state index is 13.1. The van der Waals surface area contributed by atoms with Gasteiger partial charge in [0, 0.05) is 19.2 Å². The fourth-order valence-electron chi connectivity index (χ4n) is 2.60. The summed E-state index contributed by atoms with van der Waals surface area (Å²) >= 11 is 0. The summed E-state index contributed by atoms with van der Waals surface area (Å²) in [4.78, 5) is 11.9.